The first kappa shape index (κ1) is 15.0. The first-order valence-electron chi connectivity index (χ1n) is 6.88. The van der Waals surface area contributed by atoms with Gasteiger partial charge < -0.3 is 9.64 Å². The molecule has 1 heterocycles. The normalized spacial score (nSPS) is 19.5. The summed E-state index contributed by atoms with van der Waals surface area (Å²) in [5.74, 6) is -0.204. The second kappa shape index (κ2) is 6.76. The molecule has 0 aromatic heterocycles. The Morgan fingerprint density at radius 1 is 1.39 bits per heavy atom. The second-order valence-corrected chi connectivity index (χ2v) is 5.80. The molecule has 0 bridgehead atoms. The fourth-order valence-electron chi connectivity index (χ4n) is 1.99. The highest BCUT2D eigenvalue weighted by atomic mass is 16.5. The third-order valence-electron chi connectivity index (χ3n) is 3.51. The number of hydrogen-bond donors (Lipinski definition) is 0. The zero-order chi connectivity index (χ0) is 13.6. The topological polar surface area (TPSA) is 46.6 Å². The van der Waals surface area contributed by atoms with E-state index >= 15 is 0 Å². The van der Waals surface area contributed by atoms with Crippen molar-refractivity contribution in [3.63, 3.8) is 0 Å². The summed E-state index contributed by atoms with van der Waals surface area (Å²) in [6.07, 6.45) is 4.26. The van der Waals surface area contributed by atoms with Gasteiger partial charge in [-0.2, -0.15) is 0 Å². The molecule has 1 saturated heterocycles. The summed E-state index contributed by atoms with van der Waals surface area (Å²) in [5, 5.41) is 0. The van der Waals surface area contributed by atoms with Gasteiger partial charge in [-0.25, -0.2) is 0 Å². The Morgan fingerprint density at radius 3 is 2.78 bits per heavy atom. The average Bonchev–Trinajstić information content (AvgIpc) is 2.43. The van der Waals surface area contributed by atoms with Gasteiger partial charge in [0.05, 0.1) is 6.61 Å². The van der Waals surface area contributed by atoms with Crippen LogP contribution in [0.2, 0.25) is 0 Å². The van der Waals surface area contributed by atoms with E-state index in [4.69, 9.17) is 4.74 Å². The molecule has 1 amide bonds. The van der Waals surface area contributed by atoms with E-state index in [1.807, 2.05) is 6.92 Å². The third kappa shape index (κ3) is 5.07. The summed E-state index contributed by atoms with van der Waals surface area (Å²) in [6.45, 7) is 7.62. The van der Waals surface area contributed by atoms with Crippen molar-refractivity contribution in [1.82, 2.24) is 4.90 Å². The lowest BCUT2D eigenvalue weighted by molar-refractivity contribution is -0.149. The molecule has 1 aliphatic rings. The van der Waals surface area contributed by atoms with Crippen molar-refractivity contribution in [2.24, 2.45) is 5.41 Å². The van der Waals surface area contributed by atoms with Crippen LogP contribution in [0.5, 0.6) is 0 Å². The molecule has 1 fully saturated rings. The molecular weight excluding hydrogens is 230 g/mol. The summed E-state index contributed by atoms with van der Waals surface area (Å²) >= 11 is 0. The number of amides is 1. The number of carbonyl (C=O) groups is 2. The molecular formula is C14H25NO3. The predicted octanol–water partition coefficient (Wildman–Crippen LogP) is 2.37. The molecule has 1 aliphatic heterocycles. The summed E-state index contributed by atoms with van der Waals surface area (Å²) in [6, 6.07) is 0. The molecule has 4 nitrogen and oxygen atoms in total. The first-order chi connectivity index (χ1) is 8.44. The summed E-state index contributed by atoms with van der Waals surface area (Å²) in [5.41, 5.74) is 0.191. The first-order valence-corrected chi connectivity index (χ1v) is 6.88. The van der Waals surface area contributed by atoms with Crippen molar-refractivity contribution < 1.29 is 14.3 Å². The minimum atomic E-state index is -0.281. The van der Waals surface area contributed by atoms with Gasteiger partial charge in [0, 0.05) is 13.0 Å². The lowest BCUT2D eigenvalue weighted by Crippen LogP contribution is -2.36. The van der Waals surface area contributed by atoms with Crippen LogP contribution in [0.1, 0.15) is 52.9 Å². The zero-order valence-corrected chi connectivity index (χ0v) is 11.8. The van der Waals surface area contributed by atoms with Crippen LogP contribution in [0.25, 0.3) is 0 Å². The molecule has 0 atom stereocenters. The monoisotopic (exact) mass is 255 g/mol. The van der Waals surface area contributed by atoms with Gasteiger partial charge in [-0.15, -0.1) is 0 Å². The quantitative estimate of drug-likeness (QED) is 0.559. The highest BCUT2D eigenvalue weighted by Gasteiger charge is 2.28. The van der Waals surface area contributed by atoms with Gasteiger partial charge in [0.2, 0.25) is 5.91 Å². The minimum Gasteiger partial charge on any atom is -0.464 e. The number of esters is 1. The van der Waals surface area contributed by atoms with Gasteiger partial charge in [-0.05, 0) is 24.7 Å². The van der Waals surface area contributed by atoms with Crippen molar-refractivity contribution in [2.45, 2.75) is 52.9 Å². The standard InChI is InChI=1S/C14H25NO3/c1-4-5-10-18-13(17)11-15-9-8-14(2,3)7-6-12(15)16/h4-11H2,1-3H3. The van der Waals surface area contributed by atoms with Crippen molar-refractivity contribution in [2.75, 3.05) is 19.7 Å². The van der Waals surface area contributed by atoms with Gasteiger partial charge in [0.15, 0.2) is 0 Å². The smallest absolute Gasteiger partial charge is 0.325 e. The van der Waals surface area contributed by atoms with E-state index in [1.54, 1.807) is 4.90 Å². The molecule has 0 N–H and O–H groups in total. The number of hydrogen-bond acceptors (Lipinski definition) is 3. The summed E-state index contributed by atoms with van der Waals surface area (Å²) < 4.78 is 5.09. The van der Waals surface area contributed by atoms with Crippen LogP contribution in [0, 0.1) is 5.41 Å². The van der Waals surface area contributed by atoms with Crippen LogP contribution in [0.3, 0.4) is 0 Å². The van der Waals surface area contributed by atoms with Gasteiger partial charge in [0.1, 0.15) is 6.54 Å². The van der Waals surface area contributed by atoms with Crippen LogP contribution in [0.4, 0.5) is 0 Å². The van der Waals surface area contributed by atoms with Gasteiger partial charge >= 0.3 is 5.97 Å². The van der Waals surface area contributed by atoms with Crippen LogP contribution >= 0.6 is 0 Å². The Labute approximate surface area is 110 Å². The molecule has 0 aliphatic carbocycles. The Kier molecular flexibility index (Phi) is 5.63. The molecule has 104 valence electrons. The fraction of sp³-hybridized carbons (Fsp3) is 0.857. The Hall–Kier alpha value is -1.06. The van der Waals surface area contributed by atoms with Crippen LogP contribution in [-0.2, 0) is 14.3 Å². The van der Waals surface area contributed by atoms with Crippen molar-refractivity contribution in [3.05, 3.63) is 0 Å². The molecule has 0 aromatic rings. The minimum absolute atomic E-state index is 0.0769. The average molecular weight is 255 g/mol. The second-order valence-electron chi connectivity index (χ2n) is 5.80. The number of rotatable bonds is 5. The Bertz CT molecular complexity index is 299. The maximum Gasteiger partial charge on any atom is 0.325 e. The highest BCUT2D eigenvalue weighted by molar-refractivity contribution is 5.82. The van der Waals surface area contributed by atoms with Crippen molar-refractivity contribution in [3.8, 4) is 0 Å². The largest absolute Gasteiger partial charge is 0.464 e. The van der Waals surface area contributed by atoms with Gasteiger partial charge in [-0.3, -0.25) is 9.59 Å². The van der Waals surface area contributed by atoms with Crippen LogP contribution in [0.15, 0.2) is 0 Å². The Morgan fingerprint density at radius 2 is 2.11 bits per heavy atom. The summed E-state index contributed by atoms with van der Waals surface area (Å²) in [7, 11) is 0. The molecule has 0 spiro atoms. The molecule has 0 radical (unpaired) electrons. The number of likely N-dealkylation sites (tertiary alicyclic amines) is 1. The van der Waals surface area contributed by atoms with Crippen LogP contribution < -0.4 is 0 Å². The molecule has 0 saturated carbocycles. The van der Waals surface area contributed by atoms with E-state index in [-0.39, 0.29) is 23.8 Å². The van der Waals surface area contributed by atoms with Crippen LogP contribution in [-0.4, -0.2) is 36.5 Å². The molecule has 0 unspecified atom stereocenters. The number of ether oxygens (including phenoxy) is 1. The van der Waals surface area contributed by atoms with E-state index < -0.39 is 0 Å². The fourth-order valence-corrected chi connectivity index (χ4v) is 1.99. The third-order valence-corrected chi connectivity index (χ3v) is 3.51. The van der Waals surface area contributed by atoms with E-state index in [0.29, 0.717) is 19.6 Å². The molecule has 18 heavy (non-hydrogen) atoms. The van der Waals surface area contributed by atoms with Crippen molar-refractivity contribution >= 4 is 11.9 Å². The van der Waals surface area contributed by atoms with E-state index in [9.17, 15) is 9.59 Å². The molecule has 4 heteroatoms. The molecule has 0 aromatic carbocycles. The number of unbranched alkanes of at least 4 members (excludes halogenated alkanes) is 1. The van der Waals surface area contributed by atoms with E-state index in [2.05, 4.69) is 13.8 Å². The maximum absolute atomic E-state index is 11.9. The number of carbonyl (C=O) groups excluding carboxylic acids is 2. The van der Waals surface area contributed by atoms with Gasteiger partial charge in [0.25, 0.3) is 0 Å². The molecule has 1 rings (SSSR count). The van der Waals surface area contributed by atoms with E-state index in [1.165, 1.54) is 0 Å². The predicted molar refractivity (Wildman–Crippen MR) is 70.1 cm³/mol. The Balaban J connectivity index is 2.40. The van der Waals surface area contributed by atoms with Gasteiger partial charge in [-0.1, -0.05) is 27.2 Å². The summed E-state index contributed by atoms with van der Waals surface area (Å²) in [4.78, 5) is 25.1. The lowest BCUT2D eigenvalue weighted by Gasteiger charge is -2.22. The zero-order valence-electron chi connectivity index (χ0n) is 11.8. The SMILES string of the molecule is CCCCOC(=O)CN1CCC(C)(C)CCC1=O. The lowest BCUT2D eigenvalue weighted by atomic mass is 9.85. The highest BCUT2D eigenvalue weighted by Crippen LogP contribution is 2.30. The maximum atomic E-state index is 11.9. The number of nitrogens with zero attached hydrogens (tertiary/aromatic N) is 1. The van der Waals surface area contributed by atoms with E-state index in [0.717, 1.165) is 25.7 Å². The van der Waals surface area contributed by atoms with Crippen molar-refractivity contribution in [1.29, 1.82) is 0 Å².